The summed E-state index contributed by atoms with van der Waals surface area (Å²) in [5, 5.41) is 5.61. The molecule has 3 heterocycles. The van der Waals surface area contributed by atoms with Crippen LogP contribution in [0.2, 0.25) is 0 Å². The Bertz CT molecular complexity index is 1050. The van der Waals surface area contributed by atoms with E-state index in [1.807, 2.05) is 28.8 Å². The van der Waals surface area contributed by atoms with Gasteiger partial charge >= 0.3 is 0 Å². The number of pyridine rings is 1. The highest BCUT2D eigenvalue weighted by molar-refractivity contribution is 6.09. The van der Waals surface area contributed by atoms with E-state index in [9.17, 15) is 9.59 Å². The van der Waals surface area contributed by atoms with Gasteiger partial charge in [-0.1, -0.05) is 12.1 Å². The molecule has 7 nitrogen and oxygen atoms in total. The number of imidazole rings is 1. The molecule has 1 saturated carbocycles. The van der Waals surface area contributed by atoms with Gasteiger partial charge in [0.05, 0.1) is 16.9 Å². The van der Waals surface area contributed by atoms with E-state index < -0.39 is 0 Å². The van der Waals surface area contributed by atoms with Gasteiger partial charge in [-0.05, 0) is 37.1 Å². The summed E-state index contributed by atoms with van der Waals surface area (Å²) in [6, 6.07) is 11.0. The first kappa shape index (κ1) is 14.9. The first-order valence-corrected chi connectivity index (χ1v) is 8.55. The third-order valence-corrected chi connectivity index (χ3v) is 4.62. The normalized spacial score (nSPS) is 15.9. The zero-order valence-electron chi connectivity index (χ0n) is 13.9. The van der Waals surface area contributed by atoms with E-state index in [4.69, 9.17) is 4.74 Å². The molecule has 26 heavy (non-hydrogen) atoms. The first-order valence-electron chi connectivity index (χ1n) is 8.55. The second kappa shape index (κ2) is 5.59. The second-order valence-corrected chi connectivity index (χ2v) is 6.52. The van der Waals surface area contributed by atoms with Crippen LogP contribution in [0.5, 0.6) is 5.75 Å². The third-order valence-electron chi connectivity index (χ3n) is 4.62. The number of fused-ring (bicyclic) bond motifs is 2. The van der Waals surface area contributed by atoms with Crippen LogP contribution in [-0.4, -0.2) is 27.8 Å². The van der Waals surface area contributed by atoms with Crippen LogP contribution in [0.15, 0.2) is 42.6 Å². The number of nitrogens with zero attached hydrogens (tertiary/aromatic N) is 2. The van der Waals surface area contributed by atoms with Crippen molar-refractivity contribution in [3.63, 3.8) is 0 Å². The molecular formula is C19H16N4O3. The molecule has 2 amide bonds. The van der Waals surface area contributed by atoms with E-state index in [-0.39, 0.29) is 18.4 Å². The van der Waals surface area contributed by atoms with Gasteiger partial charge in [0, 0.05) is 12.1 Å². The molecule has 130 valence electrons. The van der Waals surface area contributed by atoms with Crippen molar-refractivity contribution >= 4 is 28.7 Å². The van der Waals surface area contributed by atoms with Gasteiger partial charge in [-0.25, -0.2) is 4.98 Å². The lowest BCUT2D eigenvalue weighted by Crippen LogP contribution is -2.26. The maximum atomic E-state index is 12.9. The predicted molar refractivity (Wildman–Crippen MR) is 95.7 cm³/mol. The molecule has 1 fully saturated rings. The van der Waals surface area contributed by atoms with Crippen molar-refractivity contribution < 1.29 is 14.3 Å². The molecule has 5 rings (SSSR count). The molecule has 2 N–H and O–H groups in total. The number of hydrogen-bond donors (Lipinski definition) is 2. The minimum absolute atomic E-state index is 0.0703. The van der Waals surface area contributed by atoms with Crippen molar-refractivity contribution in [3.05, 3.63) is 54.1 Å². The number of carbonyl (C=O) groups is 2. The highest BCUT2D eigenvalue weighted by Crippen LogP contribution is 2.40. The molecule has 0 radical (unpaired) electrons. The van der Waals surface area contributed by atoms with E-state index in [1.54, 1.807) is 18.2 Å². The van der Waals surface area contributed by atoms with Crippen molar-refractivity contribution in [3.8, 4) is 5.75 Å². The molecule has 1 aliphatic heterocycles. The lowest BCUT2D eigenvalue weighted by atomic mass is 10.2. The Hall–Kier alpha value is -3.35. The van der Waals surface area contributed by atoms with Crippen LogP contribution in [-0.2, 0) is 4.79 Å². The summed E-state index contributed by atoms with van der Waals surface area (Å²) in [5.41, 5.74) is 2.24. The Labute approximate surface area is 149 Å². The van der Waals surface area contributed by atoms with E-state index in [2.05, 4.69) is 15.6 Å². The molecule has 1 aliphatic carbocycles. The van der Waals surface area contributed by atoms with E-state index in [0.29, 0.717) is 28.7 Å². The van der Waals surface area contributed by atoms with E-state index in [1.165, 1.54) is 0 Å². The Morgan fingerprint density at radius 2 is 2.12 bits per heavy atom. The quantitative estimate of drug-likeness (QED) is 0.762. The molecule has 0 bridgehead atoms. The molecule has 0 spiro atoms. The van der Waals surface area contributed by atoms with Crippen molar-refractivity contribution in [2.75, 3.05) is 17.2 Å². The van der Waals surface area contributed by atoms with E-state index in [0.717, 1.165) is 24.2 Å². The highest BCUT2D eigenvalue weighted by Gasteiger charge is 2.30. The molecule has 1 aromatic carbocycles. The van der Waals surface area contributed by atoms with Crippen LogP contribution >= 0.6 is 0 Å². The molecule has 7 heteroatoms. The van der Waals surface area contributed by atoms with Crippen LogP contribution in [0.25, 0.3) is 5.52 Å². The Balaban J connectivity index is 1.51. The predicted octanol–water partition coefficient (Wildman–Crippen LogP) is 2.79. The lowest BCUT2D eigenvalue weighted by molar-refractivity contribution is -0.118. The minimum Gasteiger partial charge on any atom is -0.479 e. The Morgan fingerprint density at radius 3 is 2.96 bits per heavy atom. The number of aromatic nitrogens is 2. The third kappa shape index (κ3) is 2.40. The number of nitrogens with one attached hydrogen (secondary N) is 2. The second-order valence-electron chi connectivity index (χ2n) is 6.52. The fourth-order valence-corrected chi connectivity index (χ4v) is 3.25. The maximum absolute atomic E-state index is 12.9. The van der Waals surface area contributed by atoms with Gasteiger partial charge in [0.1, 0.15) is 5.82 Å². The van der Waals surface area contributed by atoms with Crippen LogP contribution < -0.4 is 15.4 Å². The van der Waals surface area contributed by atoms with Crippen molar-refractivity contribution in [2.24, 2.45) is 0 Å². The minimum atomic E-state index is -0.297. The number of ether oxygens (including phenoxy) is 1. The van der Waals surface area contributed by atoms with Gasteiger partial charge in [-0.3, -0.25) is 9.59 Å². The number of benzene rings is 1. The largest absolute Gasteiger partial charge is 0.479 e. The number of rotatable bonds is 3. The van der Waals surface area contributed by atoms with Gasteiger partial charge in [-0.2, -0.15) is 0 Å². The molecular weight excluding hydrogens is 332 g/mol. The van der Waals surface area contributed by atoms with Crippen molar-refractivity contribution in [1.29, 1.82) is 0 Å². The summed E-state index contributed by atoms with van der Waals surface area (Å²) >= 11 is 0. The van der Waals surface area contributed by atoms with Gasteiger partial charge in [0.2, 0.25) is 0 Å². The lowest BCUT2D eigenvalue weighted by Gasteiger charge is -2.20. The fourth-order valence-electron chi connectivity index (χ4n) is 3.25. The van der Waals surface area contributed by atoms with Crippen molar-refractivity contribution in [2.45, 2.75) is 18.8 Å². The Kier molecular flexibility index (Phi) is 3.21. The van der Waals surface area contributed by atoms with Gasteiger partial charge in [0.25, 0.3) is 11.8 Å². The van der Waals surface area contributed by atoms with Crippen molar-refractivity contribution in [1.82, 2.24) is 9.38 Å². The zero-order chi connectivity index (χ0) is 17.7. The number of para-hydroxylation sites is 1. The molecule has 0 atom stereocenters. The average Bonchev–Trinajstić information content (AvgIpc) is 3.42. The summed E-state index contributed by atoms with van der Waals surface area (Å²) in [4.78, 5) is 29.0. The maximum Gasteiger partial charge on any atom is 0.276 e. The van der Waals surface area contributed by atoms with Crippen LogP contribution in [0.3, 0.4) is 0 Å². The fraction of sp³-hybridized carbons (Fsp3) is 0.211. The summed E-state index contributed by atoms with van der Waals surface area (Å²) in [6.07, 6.45) is 4.15. The SMILES string of the molecule is O=C1COc2c(cccc2NC(=O)c2nc(C3CC3)n3ccccc23)N1. The summed E-state index contributed by atoms with van der Waals surface area (Å²) in [6.45, 7) is -0.0703. The summed E-state index contributed by atoms with van der Waals surface area (Å²) < 4.78 is 7.48. The highest BCUT2D eigenvalue weighted by atomic mass is 16.5. The van der Waals surface area contributed by atoms with Crippen LogP contribution in [0, 0.1) is 0 Å². The molecule has 0 saturated heterocycles. The summed E-state index contributed by atoms with van der Waals surface area (Å²) in [5.74, 6) is 1.31. The molecule has 3 aromatic rings. The number of hydrogen-bond acceptors (Lipinski definition) is 4. The average molecular weight is 348 g/mol. The molecule has 2 aromatic heterocycles. The van der Waals surface area contributed by atoms with Gasteiger partial charge in [0.15, 0.2) is 18.1 Å². The monoisotopic (exact) mass is 348 g/mol. The number of amides is 2. The molecule has 2 aliphatic rings. The zero-order valence-corrected chi connectivity index (χ0v) is 13.9. The standard InChI is InChI=1S/C19H16N4O3/c24-15-10-26-17-12(20-15)4-3-5-13(17)21-19(25)16-14-6-1-2-9-23(14)18(22-16)11-7-8-11/h1-6,9,11H,7-8,10H2,(H,20,24)(H,21,25). The van der Waals surface area contributed by atoms with Gasteiger partial charge < -0.3 is 19.8 Å². The Morgan fingerprint density at radius 1 is 1.23 bits per heavy atom. The van der Waals surface area contributed by atoms with Crippen LogP contribution in [0.1, 0.15) is 35.1 Å². The smallest absolute Gasteiger partial charge is 0.276 e. The number of carbonyl (C=O) groups excluding carboxylic acids is 2. The molecule has 0 unspecified atom stereocenters. The number of anilines is 2. The van der Waals surface area contributed by atoms with E-state index >= 15 is 0 Å². The first-order chi connectivity index (χ1) is 12.7. The summed E-state index contributed by atoms with van der Waals surface area (Å²) in [7, 11) is 0. The van der Waals surface area contributed by atoms with Crippen LogP contribution in [0.4, 0.5) is 11.4 Å². The van der Waals surface area contributed by atoms with Gasteiger partial charge in [-0.15, -0.1) is 0 Å². The topological polar surface area (TPSA) is 84.7 Å².